The topological polar surface area (TPSA) is 127 Å². The first-order valence-corrected chi connectivity index (χ1v) is 6.02. The van der Waals surface area contributed by atoms with Gasteiger partial charge in [0.25, 0.3) is 10.1 Å². The van der Waals surface area contributed by atoms with Gasteiger partial charge < -0.3 is 16.6 Å². The Bertz CT molecular complexity index is 710. The second kappa shape index (κ2) is 3.51. The average Bonchev–Trinajstić information content (AvgIpc) is 2.13. The van der Waals surface area contributed by atoms with Gasteiger partial charge in [0.05, 0.1) is 4.90 Å². The smallest absolute Gasteiger partial charge is 0.294 e. The molecule has 2 aromatic rings. The van der Waals surface area contributed by atoms with Crippen molar-refractivity contribution in [2.24, 2.45) is 0 Å². The second-order valence-electron chi connectivity index (χ2n) is 3.63. The molecule has 2 aromatic carbocycles. The van der Waals surface area contributed by atoms with E-state index in [0.717, 1.165) is 6.07 Å². The van der Waals surface area contributed by atoms with E-state index in [4.69, 9.17) is 16.0 Å². The van der Waals surface area contributed by atoms with E-state index in [1.165, 1.54) is 18.2 Å². The van der Waals surface area contributed by atoms with Crippen LogP contribution in [0.2, 0.25) is 0 Å². The standard InChI is InChI=1S/C10H10N2O4S/c11-6-1-5-2-7(17(14,15)16)4-9(13)10(5)8(12)3-6/h1-4,13H,11-12H2,(H,14,15,16). The number of aromatic hydroxyl groups is 1. The minimum atomic E-state index is -4.38. The number of nitrogens with two attached hydrogens (primary N) is 2. The molecule has 0 radical (unpaired) electrons. The molecule has 0 spiro atoms. The maximum absolute atomic E-state index is 11.0. The zero-order valence-electron chi connectivity index (χ0n) is 8.58. The Morgan fingerprint density at radius 1 is 1.06 bits per heavy atom. The van der Waals surface area contributed by atoms with Crippen LogP contribution in [0.1, 0.15) is 0 Å². The van der Waals surface area contributed by atoms with Gasteiger partial charge in [-0.05, 0) is 23.6 Å². The molecule has 7 heteroatoms. The normalized spacial score (nSPS) is 11.8. The monoisotopic (exact) mass is 254 g/mol. The maximum atomic E-state index is 11.0. The predicted molar refractivity (Wildman–Crippen MR) is 64.3 cm³/mol. The SMILES string of the molecule is Nc1cc(N)c2c(O)cc(S(=O)(=O)O)cc2c1. The number of hydrogen-bond donors (Lipinski definition) is 4. The Labute approximate surface area is 97.2 Å². The molecule has 0 bridgehead atoms. The molecule has 0 saturated carbocycles. The first kappa shape index (κ1) is 11.5. The highest BCUT2D eigenvalue weighted by Gasteiger charge is 2.14. The van der Waals surface area contributed by atoms with Crippen LogP contribution in [0.3, 0.4) is 0 Å². The van der Waals surface area contributed by atoms with Gasteiger partial charge in [-0.2, -0.15) is 8.42 Å². The van der Waals surface area contributed by atoms with Crippen LogP contribution in [-0.4, -0.2) is 18.1 Å². The molecule has 2 rings (SSSR count). The molecule has 0 amide bonds. The highest BCUT2D eigenvalue weighted by molar-refractivity contribution is 7.85. The molecule has 0 aliphatic heterocycles. The molecule has 0 atom stereocenters. The van der Waals surface area contributed by atoms with Crippen molar-refractivity contribution >= 4 is 32.3 Å². The van der Waals surface area contributed by atoms with Gasteiger partial charge in [0.1, 0.15) is 5.75 Å². The van der Waals surface area contributed by atoms with Crippen LogP contribution in [0.15, 0.2) is 29.2 Å². The molecule has 0 aliphatic carbocycles. The number of phenols is 1. The van der Waals surface area contributed by atoms with Crippen LogP contribution in [0, 0.1) is 0 Å². The van der Waals surface area contributed by atoms with E-state index >= 15 is 0 Å². The van der Waals surface area contributed by atoms with E-state index < -0.39 is 15.0 Å². The van der Waals surface area contributed by atoms with Crippen LogP contribution < -0.4 is 11.5 Å². The summed E-state index contributed by atoms with van der Waals surface area (Å²) in [7, 11) is -4.38. The van der Waals surface area contributed by atoms with Gasteiger partial charge in [-0.15, -0.1) is 0 Å². The van der Waals surface area contributed by atoms with Gasteiger partial charge in [-0.1, -0.05) is 0 Å². The fraction of sp³-hybridized carbons (Fsp3) is 0. The molecule has 0 aromatic heterocycles. The predicted octanol–water partition coefficient (Wildman–Crippen LogP) is 0.957. The maximum Gasteiger partial charge on any atom is 0.294 e. The van der Waals surface area contributed by atoms with E-state index in [1.54, 1.807) is 0 Å². The van der Waals surface area contributed by atoms with E-state index in [-0.39, 0.29) is 11.4 Å². The first-order chi connectivity index (χ1) is 7.79. The molecular formula is C10H10N2O4S. The van der Waals surface area contributed by atoms with Crippen LogP contribution >= 0.6 is 0 Å². The van der Waals surface area contributed by atoms with Crippen molar-refractivity contribution in [3.63, 3.8) is 0 Å². The summed E-state index contributed by atoms with van der Waals surface area (Å²) in [5.41, 5.74) is 11.8. The number of hydrogen-bond acceptors (Lipinski definition) is 5. The number of rotatable bonds is 1. The second-order valence-corrected chi connectivity index (χ2v) is 5.05. The molecule has 0 unspecified atom stereocenters. The molecule has 0 aliphatic rings. The number of benzene rings is 2. The molecule has 90 valence electrons. The van der Waals surface area contributed by atoms with Crippen LogP contribution in [0.4, 0.5) is 11.4 Å². The number of phenolic OH excluding ortho intramolecular Hbond substituents is 1. The van der Waals surface area contributed by atoms with E-state index in [0.29, 0.717) is 16.5 Å². The van der Waals surface area contributed by atoms with Gasteiger partial charge in [-0.3, -0.25) is 4.55 Å². The molecule has 0 heterocycles. The Morgan fingerprint density at radius 2 is 1.71 bits per heavy atom. The van der Waals surface area contributed by atoms with E-state index in [9.17, 15) is 13.5 Å². The van der Waals surface area contributed by atoms with Crippen molar-refractivity contribution in [3.05, 3.63) is 24.3 Å². The summed E-state index contributed by atoms with van der Waals surface area (Å²) in [6, 6.07) is 5.04. The molecule has 17 heavy (non-hydrogen) atoms. The Kier molecular flexibility index (Phi) is 2.37. The van der Waals surface area contributed by atoms with Gasteiger partial charge in [-0.25, -0.2) is 0 Å². The third kappa shape index (κ3) is 1.97. The largest absolute Gasteiger partial charge is 0.507 e. The highest BCUT2D eigenvalue weighted by Crippen LogP contribution is 2.34. The van der Waals surface area contributed by atoms with Gasteiger partial charge >= 0.3 is 0 Å². The van der Waals surface area contributed by atoms with Crippen molar-refractivity contribution in [1.82, 2.24) is 0 Å². The zero-order chi connectivity index (χ0) is 12.8. The summed E-state index contributed by atoms with van der Waals surface area (Å²) in [5, 5.41) is 10.3. The Hall–Kier alpha value is -1.99. The van der Waals surface area contributed by atoms with Gasteiger partial charge in [0.15, 0.2) is 0 Å². The molecule has 0 fully saturated rings. The Morgan fingerprint density at radius 3 is 2.29 bits per heavy atom. The van der Waals surface area contributed by atoms with Crippen LogP contribution in [0.5, 0.6) is 5.75 Å². The lowest BCUT2D eigenvalue weighted by Gasteiger charge is -2.08. The zero-order valence-corrected chi connectivity index (χ0v) is 9.40. The minimum absolute atomic E-state index is 0.236. The van der Waals surface area contributed by atoms with E-state index in [1.807, 2.05) is 0 Å². The fourth-order valence-corrected chi connectivity index (χ4v) is 2.21. The Balaban J connectivity index is 2.92. The van der Waals surface area contributed by atoms with Crippen molar-refractivity contribution in [2.75, 3.05) is 11.5 Å². The average molecular weight is 254 g/mol. The minimum Gasteiger partial charge on any atom is -0.507 e. The van der Waals surface area contributed by atoms with Crippen molar-refractivity contribution in [1.29, 1.82) is 0 Å². The summed E-state index contributed by atoms with van der Waals surface area (Å²) < 4.78 is 30.9. The summed E-state index contributed by atoms with van der Waals surface area (Å²) in [4.78, 5) is -0.410. The first-order valence-electron chi connectivity index (χ1n) is 4.58. The van der Waals surface area contributed by atoms with Crippen molar-refractivity contribution < 1.29 is 18.1 Å². The van der Waals surface area contributed by atoms with Crippen molar-refractivity contribution in [2.45, 2.75) is 4.90 Å². The number of fused-ring (bicyclic) bond motifs is 1. The van der Waals surface area contributed by atoms with E-state index in [2.05, 4.69) is 0 Å². The summed E-state index contributed by atoms with van der Waals surface area (Å²) in [6.45, 7) is 0. The quantitative estimate of drug-likeness (QED) is 0.443. The third-order valence-corrected chi connectivity index (χ3v) is 3.18. The summed E-state index contributed by atoms with van der Waals surface area (Å²) in [5.74, 6) is -0.326. The number of anilines is 2. The van der Waals surface area contributed by atoms with Gasteiger partial charge in [0, 0.05) is 22.8 Å². The lowest BCUT2D eigenvalue weighted by Crippen LogP contribution is -1.99. The third-order valence-electron chi connectivity index (χ3n) is 2.35. The summed E-state index contributed by atoms with van der Waals surface area (Å²) in [6.07, 6.45) is 0. The van der Waals surface area contributed by atoms with Crippen LogP contribution in [0.25, 0.3) is 10.8 Å². The van der Waals surface area contributed by atoms with Crippen LogP contribution in [-0.2, 0) is 10.1 Å². The molecule has 6 N–H and O–H groups in total. The molecule has 0 saturated heterocycles. The number of nitrogen functional groups attached to an aromatic ring is 2. The summed E-state index contributed by atoms with van der Waals surface area (Å²) >= 11 is 0. The van der Waals surface area contributed by atoms with Crippen molar-refractivity contribution in [3.8, 4) is 5.75 Å². The molecular weight excluding hydrogens is 244 g/mol. The lowest BCUT2D eigenvalue weighted by atomic mass is 10.1. The highest BCUT2D eigenvalue weighted by atomic mass is 32.2. The molecule has 6 nitrogen and oxygen atoms in total. The van der Waals surface area contributed by atoms with Gasteiger partial charge in [0.2, 0.25) is 0 Å². The fourth-order valence-electron chi connectivity index (χ4n) is 1.67. The lowest BCUT2D eigenvalue weighted by molar-refractivity contribution is 0.471.